The van der Waals surface area contributed by atoms with E-state index in [4.69, 9.17) is 12.2 Å². The standard InChI is InChI=1S/C18H15F3N4OS/c19-11-1-2-12(20)17(21)16(11)10-7-14-13(23-18(27)25(14)8-10)3-4-15(26)24-6-5-22-9-24/h1-2,5-6,9-10H,3-4,7-8H2,(H,23,27)/t10-/m0/s1. The van der Waals surface area contributed by atoms with Gasteiger partial charge in [-0.15, -0.1) is 0 Å². The summed E-state index contributed by atoms with van der Waals surface area (Å²) in [5.41, 5.74) is 1.30. The van der Waals surface area contributed by atoms with E-state index in [0.717, 1.165) is 23.5 Å². The number of rotatable bonds is 4. The number of nitrogens with one attached hydrogen (secondary N) is 1. The number of benzene rings is 1. The Bertz CT molecular complexity index is 1070. The number of aromatic amines is 1. The summed E-state index contributed by atoms with van der Waals surface area (Å²) >= 11 is 5.30. The fraction of sp³-hybridized carbons (Fsp3) is 0.278. The van der Waals surface area contributed by atoms with Gasteiger partial charge in [0, 0.05) is 48.2 Å². The van der Waals surface area contributed by atoms with Crippen molar-refractivity contribution in [3.05, 3.63) is 70.0 Å². The van der Waals surface area contributed by atoms with E-state index >= 15 is 0 Å². The third-order valence-electron chi connectivity index (χ3n) is 4.89. The van der Waals surface area contributed by atoms with Crippen LogP contribution in [0.15, 0.2) is 30.9 Å². The van der Waals surface area contributed by atoms with Crippen LogP contribution < -0.4 is 0 Å². The molecule has 1 aromatic carbocycles. The van der Waals surface area contributed by atoms with Gasteiger partial charge in [-0.2, -0.15) is 0 Å². The monoisotopic (exact) mass is 392 g/mol. The number of carbonyl (C=O) groups is 1. The summed E-state index contributed by atoms with van der Waals surface area (Å²) in [5.74, 6) is -3.66. The van der Waals surface area contributed by atoms with E-state index in [1.54, 1.807) is 10.8 Å². The highest BCUT2D eigenvalue weighted by molar-refractivity contribution is 7.71. The fourth-order valence-electron chi connectivity index (χ4n) is 3.58. The van der Waals surface area contributed by atoms with Gasteiger partial charge in [0.2, 0.25) is 5.91 Å². The van der Waals surface area contributed by atoms with Gasteiger partial charge in [0.05, 0.1) is 0 Å². The minimum Gasteiger partial charge on any atom is -0.334 e. The molecule has 3 aromatic rings. The van der Waals surface area contributed by atoms with Crippen LogP contribution in [0.3, 0.4) is 0 Å². The van der Waals surface area contributed by atoms with Crippen LogP contribution in [-0.4, -0.2) is 25.0 Å². The Labute approximate surface area is 157 Å². The number of carbonyl (C=O) groups excluding carboxylic acids is 1. The second-order valence-electron chi connectivity index (χ2n) is 6.49. The first kappa shape index (κ1) is 17.7. The van der Waals surface area contributed by atoms with Gasteiger partial charge in [0.25, 0.3) is 0 Å². The number of hydrogen-bond acceptors (Lipinski definition) is 3. The van der Waals surface area contributed by atoms with Crippen LogP contribution in [-0.2, 0) is 19.4 Å². The van der Waals surface area contributed by atoms with Gasteiger partial charge in [-0.25, -0.2) is 18.2 Å². The molecule has 0 bridgehead atoms. The SMILES string of the molecule is O=C(CCc1[nH]c(=S)n2c1C[C@H](c1c(F)ccc(F)c1F)C2)n1ccnc1. The van der Waals surface area contributed by atoms with E-state index in [-0.39, 0.29) is 24.4 Å². The molecule has 1 atom stereocenters. The van der Waals surface area contributed by atoms with Crippen LogP contribution in [0.1, 0.15) is 34.1 Å². The zero-order chi connectivity index (χ0) is 19.1. The summed E-state index contributed by atoms with van der Waals surface area (Å²) in [6.07, 6.45) is 5.48. The molecule has 4 rings (SSSR count). The lowest BCUT2D eigenvalue weighted by Crippen LogP contribution is -2.10. The van der Waals surface area contributed by atoms with Crippen molar-refractivity contribution in [2.24, 2.45) is 0 Å². The largest absolute Gasteiger partial charge is 0.334 e. The highest BCUT2D eigenvalue weighted by Crippen LogP contribution is 2.35. The van der Waals surface area contributed by atoms with Crippen molar-refractivity contribution in [3.8, 4) is 0 Å². The molecule has 2 aromatic heterocycles. The Hall–Kier alpha value is -2.68. The maximum absolute atomic E-state index is 14.1. The van der Waals surface area contributed by atoms with Gasteiger partial charge in [-0.3, -0.25) is 9.36 Å². The molecule has 0 saturated heterocycles. The predicted octanol–water partition coefficient (Wildman–Crippen LogP) is 3.77. The quantitative estimate of drug-likeness (QED) is 0.543. The van der Waals surface area contributed by atoms with E-state index in [9.17, 15) is 18.0 Å². The summed E-state index contributed by atoms with van der Waals surface area (Å²) in [7, 11) is 0. The van der Waals surface area contributed by atoms with Crippen molar-refractivity contribution in [1.82, 2.24) is 19.1 Å². The molecule has 1 aliphatic rings. The molecule has 0 aliphatic carbocycles. The molecule has 0 amide bonds. The van der Waals surface area contributed by atoms with E-state index < -0.39 is 23.4 Å². The average Bonchev–Trinajstić information content (AvgIpc) is 3.36. The Balaban J connectivity index is 1.57. The summed E-state index contributed by atoms with van der Waals surface area (Å²) < 4.78 is 45.4. The molecule has 0 fully saturated rings. The minimum absolute atomic E-state index is 0.122. The minimum atomic E-state index is -1.16. The van der Waals surface area contributed by atoms with Crippen LogP contribution in [0.5, 0.6) is 0 Å². The molecule has 9 heteroatoms. The lowest BCUT2D eigenvalue weighted by atomic mass is 9.95. The molecule has 1 aliphatic heterocycles. The number of H-pyrrole nitrogens is 1. The highest BCUT2D eigenvalue weighted by atomic mass is 32.1. The van der Waals surface area contributed by atoms with Crippen LogP contribution in [0.2, 0.25) is 0 Å². The molecular formula is C18H15F3N4OS. The molecule has 0 unspecified atom stereocenters. The smallest absolute Gasteiger partial charge is 0.232 e. The van der Waals surface area contributed by atoms with Crippen molar-refractivity contribution >= 4 is 18.1 Å². The third-order valence-corrected chi connectivity index (χ3v) is 5.21. The second kappa shape index (κ2) is 6.80. The summed E-state index contributed by atoms with van der Waals surface area (Å²) in [4.78, 5) is 19.0. The lowest BCUT2D eigenvalue weighted by molar-refractivity contribution is 0.0902. The van der Waals surface area contributed by atoms with Crippen molar-refractivity contribution < 1.29 is 18.0 Å². The molecule has 5 nitrogen and oxygen atoms in total. The third kappa shape index (κ3) is 3.12. The molecule has 0 spiro atoms. The van der Waals surface area contributed by atoms with E-state index in [1.165, 1.54) is 17.1 Å². The number of imidazole rings is 2. The molecular weight excluding hydrogens is 377 g/mol. The topological polar surface area (TPSA) is 55.6 Å². The van der Waals surface area contributed by atoms with Gasteiger partial charge in [0.15, 0.2) is 16.4 Å². The van der Waals surface area contributed by atoms with E-state index in [2.05, 4.69) is 9.97 Å². The van der Waals surface area contributed by atoms with Crippen LogP contribution in [0, 0.1) is 22.2 Å². The van der Waals surface area contributed by atoms with Crippen LogP contribution >= 0.6 is 12.2 Å². The number of halogens is 3. The fourth-order valence-corrected chi connectivity index (χ4v) is 3.89. The molecule has 27 heavy (non-hydrogen) atoms. The van der Waals surface area contributed by atoms with Crippen molar-refractivity contribution in [2.45, 2.75) is 31.7 Å². The first-order valence-electron chi connectivity index (χ1n) is 8.40. The van der Waals surface area contributed by atoms with Gasteiger partial charge < -0.3 is 9.55 Å². The first-order valence-corrected chi connectivity index (χ1v) is 8.81. The molecule has 140 valence electrons. The van der Waals surface area contributed by atoms with Crippen LogP contribution in [0.4, 0.5) is 13.2 Å². The Morgan fingerprint density at radius 1 is 1.30 bits per heavy atom. The van der Waals surface area contributed by atoms with Gasteiger partial charge in [-0.05, 0) is 37.2 Å². The average molecular weight is 392 g/mol. The number of fused-ring (bicyclic) bond motifs is 1. The Morgan fingerprint density at radius 2 is 2.07 bits per heavy atom. The highest BCUT2D eigenvalue weighted by Gasteiger charge is 2.31. The summed E-state index contributed by atoms with van der Waals surface area (Å²) in [6, 6.07) is 1.72. The van der Waals surface area contributed by atoms with Gasteiger partial charge >= 0.3 is 0 Å². The van der Waals surface area contributed by atoms with E-state index in [1.807, 2.05) is 0 Å². The lowest BCUT2D eigenvalue weighted by Gasteiger charge is -2.12. The van der Waals surface area contributed by atoms with Gasteiger partial charge in [-0.1, -0.05) is 0 Å². The number of hydrogen-bond donors (Lipinski definition) is 1. The van der Waals surface area contributed by atoms with Crippen LogP contribution in [0.25, 0.3) is 0 Å². The zero-order valence-corrected chi connectivity index (χ0v) is 14.9. The maximum Gasteiger partial charge on any atom is 0.232 e. The van der Waals surface area contributed by atoms with Crippen molar-refractivity contribution in [3.63, 3.8) is 0 Å². The van der Waals surface area contributed by atoms with E-state index in [0.29, 0.717) is 17.6 Å². The first-order chi connectivity index (χ1) is 13.0. The second-order valence-corrected chi connectivity index (χ2v) is 6.87. The normalized spacial score (nSPS) is 15.9. The zero-order valence-electron chi connectivity index (χ0n) is 14.1. The van der Waals surface area contributed by atoms with Crippen molar-refractivity contribution in [1.29, 1.82) is 0 Å². The number of nitrogens with zero attached hydrogens (tertiary/aromatic N) is 3. The molecule has 1 N–H and O–H groups in total. The molecule has 0 saturated carbocycles. The predicted molar refractivity (Wildman–Crippen MR) is 93.6 cm³/mol. The van der Waals surface area contributed by atoms with Crippen molar-refractivity contribution in [2.75, 3.05) is 0 Å². The Morgan fingerprint density at radius 3 is 2.81 bits per heavy atom. The summed E-state index contributed by atoms with van der Waals surface area (Å²) in [6.45, 7) is 0.261. The number of aryl methyl sites for hydroxylation is 1. The maximum atomic E-state index is 14.1. The van der Waals surface area contributed by atoms with Gasteiger partial charge in [0.1, 0.15) is 12.1 Å². The molecule has 0 radical (unpaired) electrons. The molecule has 3 heterocycles. The Kier molecular flexibility index (Phi) is 4.47. The number of aromatic nitrogens is 4. The summed E-state index contributed by atoms with van der Waals surface area (Å²) in [5, 5.41) is 0.